The van der Waals surface area contributed by atoms with E-state index in [1.54, 1.807) is 7.05 Å². The minimum Gasteiger partial charge on any atom is -0.356 e. The quantitative estimate of drug-likeness (QED) is 0.327. The van der Waals surface area contributed by atoms with Crippen molar-refractivity contribution in [1.82, 2.24) is 16.0 Å². The van der Waals surface area contributed by atoms with Gasteiger partial charge in [0.2, 0.25) is 5.91 Å². The molecule has 0 atom stereocenters. The Morgan fingerprint density at radius 3 is 2.39 bits per heavy atom. The Morgan fingerprint density at radius 2 is 1.87 bits per heavy atom. The first kappa shape index (κ1) is 20.5. The maximum atomic E-state index is 11.9. The largest absolute Gasteiger partial charge is 0.356 e. The fourth-order valence-corrected chi connectivity index (χ4v) is 3.49. The van der Waals surface area contributed by atoms with Crippen molar-refractivity contribution < 1.29 is 4.79 Å². The molecule has 0 aromatic rings. The molecule has 0 aromatic carbocycles. The molecule has 0 aliphatic heterocycles. The minimum atomic E-state index is 0. The summed E-state index contributed by atoms with van der Waals surface area (Å²) in [6.07, 6.45) is 10.5. The lowest BCUT2D eigenvalue weighted by molar-refractivity contribution is -0.121. The predicted octanol–water partition coefficient (Wildman–Crippen LogP) is 2.80. The van der Waals surface area contributed by atoms with E-state index in [0.29, 0.717) is 24.4 Å². The van der Waals surface area contributed by atoms with E-state index in [4.69, 9.17) is 0 Å². The highest BCUT2D eigenvalue weighted by atomic mass is 127. The van der Waals surface area contributed by atoms with Gasteiger partial charge in [-0.3, -0.25) is 9.79 Å². The van der Waals surface area contributed by atoms with Crippen LogP contribution in [0.4, 0.5) is 0 Å². The second kappa shape index (κ2) is 10.4. The van der Waals surface area contributed by atoms with Crippen LogP contribution in [0.2, 0.25) is 0 Å². The molecule has 23 heavy (non-hydrogen) atoms. The van der Waals surface area contributed by atoms with Crippen LogP contribution in [0.5, 0.6) is 0 Å². The molecule has 0 radical (unpaired) electrons. The van der Waals surface area contributed by atoms with Crippen molar-refractivity contribution >= 4 is 35.8 Å². The molecule has 2 aliphatic carbocycles. The van der Waals surface area contributed by atoms with E-state index in [-0.39, 0.29) is 29.9 Å². The smallest absolute Gasteiger partial charge is 0.221 e. The summed E-state index contributed by atoms with van der Waals surface area (Å²) in [5, 5.41) is 9.78. The van der Waals surface area contributed by atoms with E-state index < -0.39 is 0 Å². The van der Waals surface area contributed by atoms with Gasteiger partial charge in [0.05, 0.1) is 0 Å². The van der Waals surface area contributed by atoms with Crippen molar-refractivity contribution in [2.75, 3.05) is 20.1 Å². The highest BCUT2D eigenvalue weighted by molar-refractivity contribution is 14.0. The standard InChI is InChI=1S/C17H32N4O.HI/c1-3-17(10-6-11-17)13-20-16(18-2)19-12-9-15(22)21-14-7-4-5-8-14;/h14H,3-13H2,1-2H3,(H,21,22)(H2,18,19,20);1H. The fraction of sp³-hybridized carbons (Fsp3) is 0.882. The normalized spacial score (nSPS) is 20.3. The SMILES string of the molecule is CCC1(CNC(=NC)NCCC(=O)NC2CCCC2)CCC1.I. The number of rotatable bonds is 7. The van der Waals surface area contributed by atoms with Gasteiger partial charge < -0.3 is 16.0 Å². The third-order valence-electron chi connectivity index (χ3n) is 5.38. The van der Waals surface area contributed by atoms with Crippen molar-refractivity contribution in [3.05, 3.63) is 0 Å². The number of hydrogen-bond acceptors (Lipinski definition) is 2. The maximum absolute atomic E-state index is 11.9. The summed E-state index contributed by atoms with van der Waals surface area (Å²) in [5.41, 5.74) is 0.470. The first-order valence-corrected chi connectivity index (χ1v) is 8.91. The average Bonchev–Trinajstić information content (AvgIpc) is 2.97. The fourth-order valence-electron chi connectivity index (χ4n) is 3.49. The van der Waals surface area contributed by atoms with Gasteiger partial charge in [-0.2, -0.15) is 0 Å². The molecule has 3 N–H and O–H groups in total. The number of carbonyl (C=O) groups excluding carboxylic acids is 1. The number of aliphatic imine (C=N–C) groups is 1. The van der Waals surface area contributed by atoms with Gasteiger partial charge in [-0.25, -0.2) is 0 Å². The molecule has 2 fully saturated rings. The molecule has 2 aliphatic rings. The summed E-state index contributed by atoms with van der Waals surface area (Å²) < 4.78 is 0. The molecule has 5 nitrogen and oxygen atoms in total. The van der Waals surface area contributed by atoms with Crippen LogP contribution >= 0.6 is 24.0 Å². The van der Waals surface area contributed by atoms with Crippen LogP contribution in [0.25, 0.3) is 0 Å². The Kier molecular flexibility index (Phi) is 9.24. The van der Waals surface area contributed by atoms with Gasteiger partial charge in [-0.15, -0.1) is 24.0 Å². The third kappa shape index (κ3) is 6.47. The third-order valence-corrected chi connectivity index (χ3v) is 5.38. The lowest BCUT2D eigenvalue weighted by atomic mass is 9.67. The zero-order valence-corrected chi connectivity index (χ0v) is 16.9. The van der Waals surface area contributed by atoms with Gasteiger partial charge in [0.25, 0.3) is 0 Å². The Hall–Kier alpha value is -0.530. The maximum Gasteiger partial charge on any atom is 0.221 e. The number of amides is 1. The molecule has 0 saturated heterocycles. The van der Waals surface area contributed by atoms with Crippen LogP contribution in [0, 0.1) is 5.41 Å². The van der Waals surface area contributed by atoms with Gasteiger partial charge in [0.1, 0.15) is 0 Å². The molecule has 0 unspecified atom stereocenters. The van der Waals surface area contributed by atoms with Crippen molar-refractivity contribution in [3.63, 3.8) is 0 Å². The monoisotopic (exact) mass is 436 g/mol. The van der Waals surface area contributed by atoms with Crippen molar-refractivity contribution in [1.29, 1.82) is 0 Å². The lowest BCUT2D eigenvalue weighted by Crippen LogP contribution is -2.46. The molecule has 0 heterocycles. The summed E-state index contributed by atoms with van der Waals surface area (Å²) in [6.45, 7) is 3.89. The predicted molar refractivity (Wildman–Crippen MR) is 106 cm³/mol. The van der Waals surface area contributed by atoms with E-state index in [2.05, 4.69) is 27.9 Å². The molecule has 0 spiro atoms. The number of nitrogens with one attached hydrogen (secondary N) is 3. The molecule has 134 valence electrons. The number of hydrogen-bond donors (Lipinski definition) is 3. The molecule has 2 saturated carbocycles. The van der Waals surface area contributed by atoms with Gasteiger partial charge in [-0.1, -0.05) is 26.2 Å². The summed E-state index contributed by atoms with van der Waals surface area (Å²) in [5.74, 6) is 0.965. The van der Waals surface area contributed by atoms with Crippen molar-refractivity contribution in [3.8, 4) is 0 Å². The summed E-state index contributed by atoms with van der Waals surface area (Å²) in [7, 11) is 1.79. The second-order valence-corrected chi connectivity index (χ2v) is 6.86. The molecule has 0 bridgehead atoms. The highest BCUT2D eigenvalue weighted by Crippen LogP contribution is 2.42. The van der Waals surface area contributed by atoms with Gasteiger partial charge >= 0.3 is 0 Å². The van der Waals surface area contributed by atoms with Crippen LogP contribution in [-0.4, -0.2) is 38.0 Å². The van der Waals surface area contributed by atoms with Gasteiger partial charge in [0, 0.05) is 32.6 Å². The molecule has 0 aromatic heterocycles. The van der Waals surface area contributed by atoms with Crippen molar-refractivity contribution in [2.45, 2.75) is 70.8 Å². The van der Waals surface area contributed by atoms with Crippen LogP contribution in [-0.2, 0) is 4.79 Å². The lowest BCUT2D eigenvalue weighted by Gasteiger charge is -2.41. The zero-order chi connectivity index (χ0) is 15.8. The first-order valence-electron chi connectivity index (χ1n) is 8.91. The van der Waals surface area contributed by atoms with E-state index in [1.165, 1.54) is 38.5 Å². The summed E-state index contributed by atoms with van der Waals surface area (Å²) in [6, 6.07) is 0.410. The number of nitrogens with zero attached hydrogens (tertiary/aromatic N) is 1. The Labute approximate surface area is 157 Å². The molecular formula is C17H33IN4O. The molecule has 2 rings (SSSR count). The van der Waals surface area contributed by atoms with E-state index >= 15 is 0 Å². The number of guanidine groups is 1. The van der Waals surface area contributed by atoms with Crippen molar-refractivity contribution in [2.24, 2.45) is 10.4 Å². The Morgan fingerprint density at radius 1 is 1.17 bits per heavy atom. The van der Waals surface area contributed by atoms with Gasteiger partial charge in [-0.05, 0) is 37.5 Å². The zero-order valence-electron chi connectivity index (χ0n) is 14.6. The molecule has 1 amide bonds. The van der Waals surface area contributed by atoms with Crippen LogP contribution in [0.15, 0.2) is 4.99 Å². The highest BCUT2D eigenvalue weighted by Gasteiger charge is 2.34. The van der Waals surface area contributed by atoms with E-state index in [9.17, 15) is 4.79 Å². The van der Waals surface area contributed by atoms with E-state index in [0.717, 1.165) is 25.3 Å². The molecule has 6 heteroatoms. The second-order valence-electron chi connectivity index (χ2n) is 6.86. The summed E-state index contributed by atoms with van der Waals surface area (Å²) >= 11 is 0. The van der Waals surface area contributed by atoms with E-state index in [1.807, 2.05) is 0 Å². The number of carbonyl (C=O) groups is 1. The minimum absolute atomic E-state index is 0. The summed E-state index contributed by atoms with van der Waals surface area (Å²) in [4.78, 5) is 16.1. The number of halogens is 1. The van der Waals surface area contributed by atoms with Crippen LogP contribution in [0.1, 0.15) is 64.7 Å². The molecular weight excluding hydrogens is 403 g/mol. The first-order chi connectivity index (χ1) is 10.7. The van der Waals surface area contributed by atoms with Crippen LogP contribution in [0.3, 0.4) is 0 Å². The Bertz CT molecular complexity index is 385. The average molecular weight is 436 g/mol. The Balaban J connectivity index is 0.00000264. The van der Waals surface area contributed by atoms with Crippen LogP contribution < -0.4 is 16.0 Å². The van der Waals surface area contributed by atoms with Gasteiger partial charge in [0.15, 0.2) is 5.96 Å². The topological polar surface area (TPSA) is 65.5 Å².